The maximum atomic E-state index is 13.3. The summed E-state index contributed by atoms with van der Waals surface area (Å²) in [6.07, 6.45) is 4.70. The molecule has 23 heavy (non-hydrogen) atoms. The normalized spacial score (nSPS) is 20.0. The van der Waals surface area contributed by atoms with Crippen LogP contribution in [0.25, 0.3) is 0 Å². The number of benzene rings is 1. The van der Waals surface area contributed by atoms with Crippen LogP contribution in [0, 0.1) is 0 Å². The number of nitrogens with zero attached hydrogens (tertiary/aromatic N) is 3. The molecule has 0 N–H and O–H groups in total. The van der Waals surface area contributed by atoms with E-state index in [2.05, 4.69) is 4.98 Å². The molecule has 2 aromatic rings. The van der Waals surface area contributed by atoms with Crippen LogP contribution in [0.2, 0.25) is 0 Å². The minimum Gasteiger partial charge on any atom is -0.335 e. The lowest BCUT2D eigenvalue weighted by atomic mass is 10.1. The summed E-state index contributed by atoms with van der Waals surface area (Å²) in [6, 6.07) is 8.92. The van der Waals surface area contributed by atoms with Crippen LogP contribution in [0.4, 0.5) is 3.89 Å². The number of likely N-dealkylation sites (tertiary alicyclic amines) is 1. The van der Waals surface area contributed by atoms with Gasteiger partial charge < -0.3 is 9.47 Å². The Morgan fingerprint density at radius 1 is 1.30 bits per heavy atom. The van der Waals surface area contributed by atoms with Gasteiger partial charge in [-0.25, -0.2) is 4.98 Å². The van der Waals surface area contributed by atoms with Crippen LogP contribution in [-0.4, -0.2) is 40.6 Å². The van der Waals surface area contributed by atoms with E-state index in [0.29, 0.717) is 6.54 Å². The first-order chi connectivity index (χ1) is 10.9. The van der Waals surface area contributed by atoms with Crippen molar-refractivity contribution in [1.29, 1.82) is 0 Å². The molecule has 1 aromatic carbocycles. The third-order valence-corrected chi connectivity index (χ3v) is 5.14. The van der Waals surface area contributed by atoms with Crippen LogP contribution < -0.4 is 0 Å². The molecule has 2 unspecified atom stereocenters. The van der Waals surface area contributed by atoms with E-state index >= 15 is 0 Å². The molecule has 0 spiro atoms. The highest BCUT2D eigenvalue weighted by Gasteiger charge is 2.41. The van der Waals surface area contributed by atoms with E-state index in [4.69, 9.17) is 0 Å². The van der Waals surface area contributed by atoms with Crippen molar-refractivity contribution in [1.82, 2.24) is 14.5 Å². The molecule has 0 saturated carbocycles. The second-order valence-electron chi connectivity index (χ2n) is 5.53. The molecule has 3 rings (SSSR count). The van der Waals surface area contributed by atoms with Gasteiger partial charge in [0.25, 0.3) is 0 Å². The predicted molar refractivity (Wildman–Crippen MR) is 81.6 cm³/mol. The van der Waals surface area contributed by atoms with Crippen molar-refractivity contribution in [3.05, 3.63) is 54.6 Å². The predicted octanol–water partition coefficient (Wildman–Crippen LogP) is 1.52. The van der Waals surface area contributed by atoms with Crippen LogP contribution in [0.15, 0.2) is 49.1 Å². The molecule has 1 aliphatic heterocycles. The molecule has 122 valence electrons. The van der Waals surface area contributed by atoms with Crippen molar-refractivity contribution in [2.75, 3.05) is 6.54 Å². The Morgan fingerprint density at radius 2 is 2.04 bits per heavy atom. The minimum absolute atomic E-state index is 0.133. The van der Waals surface area contributed by atoms with Gasteiger partial charge in [0.15, 0.2) is 0 Å². The highest BCUT2D eigenvalue weighted by Crippen LogP contribution is 2.30. The van der Waals surface area contributed by atoms with E-state index in [1.807, 2.05) is 34.9 Å². The van der Waals surface area contributed by atoms with E-state index < -0.39 is 15.5 Å². The molecule has 1 saturated heterocycles. The fraction of sp³-hybridized carbons (Fsp3) is 0.333. The number of rotatable bonds is 5. The molecule has 1 amide bonds. The lowest BCUT2D eigenvalue weighted by molar-refractivity contribution is -0.130. The summed E-state index contributed by atoms with van der Waals surface area (Å²) in [6.45, 7) is 0.292. The van der Waals surface area contributed by atoms with E-state index in [0.717, 1.165) is 5.56 Å². The summed E-state index contributed by atoms with van der Waals surface area (Å²) in [7, 11) is -4.73. The fourth-order valence-corrected chi connectivity index (χ4v) is 3.52. The average molecular weight is 337 g/mol. The molecule has 0 aliphatic carbocycles. The van der Waals surface area contributed by atoms with Gasteiger partial charge in [-0.15, -0.1) is 3.89 Å². The van der Waals surface area contributed by atoms with Crippen molar-refractivity contribution < 1.29 is 17.1 Å². The Hall–Kier alpha value is -2.22. The van der Waals surface area contributed by atoms with Gasteiger partial charge in [0.2, 0.25) is 5.91 Å². The third kappa shape index (κ3) is 3.42. The SMILES string of the molecule is O=C1CC(S(=O)(=O)F)CN1C(Cn1ccnc1)c1ccccc1. The molecular formula is C15H16FN3O3S. The summed E-state index contributed by atoms with van der Waals surface area (Å²) in [4.78, 5) is 17.7. The second-order valence-corrected chi connectivity index (χ2v) is 7.15. The summed E-state index contributed by atoms with van der Waals surface area (Å²) in [5, 5.41) is -1.29. The van der Waals surface area contributed by atoms with Crippen molar-refractivity contribution in [2.45, 2.75) is 24.3 Å². The molecule has 1 aliphatic rings. The molecule has 1 fully saturated rings. The Bertz CT molecular complexity index is 778. The van der Waals surface area contributed by atoms with Crippen LogP contribution in [0.3, 0.4) is 0 Å². The molecule has 0 radical (unpaired) electrons. The first-order valence-corrected chi connectivity index (χ1v) is 8.63. The van der Waals surface area contributed by atoms with Gasteiger partial charge >= 0.3 is 10.2 Å². The highest BCUT2D eigenvalue weighted by atomic mass is 32.3. The van der Waals surface area contributed by atoms with Crippen molar-refractivity contribution in [3.8, 4) is 0 Å². The van der Waals surface area contributed by atoms with Gasteiger partial charge in [0, 0.05) is 31.9 Å². The van der Waals surface area contributed by atoms with Crippen LogP contribution in [0.1, 0.15) is 18.0 Å². The van der Waals surface area contributed by atoms with E-state index in [1.54, 1.807) is 18.7 Å². The van der Waals surface area contributed by atoms with E-state index in [1.165, 1.54) is 4.90 Å². The maximum absolute atomic E-state index is 13.3. The smallest absolute Gasteiger partial charge is 0.307 e. The molecule has 2 atom stereocenters. The highest BCUT2D eigenvalue weighted by molar-refractivity contribution is 7.87. The van der Waals surface area contributed by atoms with Crippen molar-refractivity contribution in [3.63, 3.8) is 0 Å². The number of hydrogen-bond donors (Lipinski definition) is 0. The Labute approximate surface area is 133 Å². The standard InChI is InChI=1S/C15H16FN3O3S/c16-23(21,22)13-8-15(20)19(9-13)14(10-18-7-6-17-11-18)12-4-2-1-3-5-12/h1-7,11,13-14H,8-10H2. The molecule has 2 heterocycles. The largest absolute Gasteiger partial charge is 0.335 e. The second kappa shape index (κ2) is 6.11. The molecule has 8 heteroatoms. The minimum atomic E-state index is -4.73. The zero-order valence-electron chi connectivity index (χ0n) is 12.2. The number of imidazole rings is 1. The Morgan fingerprint density at radius 3 is 2.61 bits per heavy atom. The zero-order chi connectivity index (χ0) is 16.4. The maximum Gasteiger partial charge on any atom is 0.307 e. The number of aromatic nitrogens is 2. The summed E-state index contributed by atoms with van der Waals surface area (Å²) >= 11 is 0. The first-order valence-electron chi connectivity index (χ1n) is 7.19. The Balaban J connectivity index is 1.91. The van der Waals surface area contributed by atoms with Gasteiger partial charge in [-0.3, -0.25) is 4.79 Å². The van der Waals surface area contributed by atoms with E-state index in [9.17, 15) is 17.1 Å². The van der Waals surface area contributed by atoms with Crippen LogP contribution in [-0.2, 0) is 21.6 Å². The monoisotopic (exact) mass is 337 g/mol. The van der Waals surface area contributed by atoms with Gasteiger partial charge in [-0.05, 0) is 5.56 Å². The van der Waals surface area contributed by atoms with Crippen molar-refractivity contribution in [2.24, 2.45) is 0 Å². The zero-order valence-corrected chi connectivity index (χ0v) is 13.1. The number of carbonyl (C=O) groups excluding carboxylic acids is 1. The number of carbonyl (C=O) groups is 1. The van der Waals surface area contributed by atoms with Crippen LogP contribution >= 0.6 is 0 Å². The lowest BCUT2D eigenvalue weighted by Crippen LogP contribution is -2.34. The van der Waals surface area contributed by atoms with Crippen LogP contribution in [0.5, 0.6) is 0 Å². The van der Waals surface area contributed by atoms with Crippen molar-refractivity contribution >= 4 is 16.1 Å². The lowest BCUT2D eigenvalue weighted by Gasteiger charge is -2.28. The number of amides is 1. The van der Waals surface area contributed by atoms with Gasteiger partial charge in [-0.1, -0.05) is 30.3 Å². The van der Waals surface area contributed by atoms with Gasteiger partial charge in [-0.2, -0.15) is 8.42 Å². The fourth-order valence-electron chi connectivity index (χ4n) is 2.84. The Kier molecular flexibility index (Phi) is 4.16. The molecule has 6 nitrogen and oxygen atoms in total. The summed E-state index contributed by atoms with van der Waals surface area (Å²) in [5.74, 6) is -0.356. The average Bonchev–Trinajstić information content (AvgIpc) is 3.15. The molecule has 1 aromatic heterocycles. The molecular weight excluding hydrogens is 321 g/mol. The quantitative estimate of drug-likeness (QED) is 0.776. The number of hydrogen-bond acceptors (Lipinski definition) is 4. The summed E-state index contributed by atoms with van der Waals surface area (Å²) in [5.41, 5.74) is 0.867. The van der Waals surface area contributed by atoms with Gasteiger partial charge in [0.05, 0.1) is 12.4 Å². The molecule has 0 bridgehead atoms. The van der Waals surface area contributed by atoms with E-state index in [-0.39, 0.29) is 24.9 Å². The van der Waals surface area contributed by atoms with Gasteiger partial charge in [0.1, 0.15) is 5.25 Å². The number of halogens is 1. The summed E-state index contributed by atoms with van der Waals surface area (Å²) < 4.78 is 37.3. The third-order valence-electron chi connectivity index (χ3n) is 4.02. The topological polar surface area (TPSA) is 72.3 Å². The first kappa shape index (κ1) is 15.7.